The summed E-state index contributed by atoms with van der Waals surface area (Å²) in [6, 6.07) is 0. The molecule has 2 heteroatoms. The van der Waals surface area contributed by atoms with Crippen LogP contribution in [0.1, 0.15) is 27.7 Å². The molecule has 62 valence electrons. The van der Waals surface area contributed by atoms with Gasteiger partial charge in [0.1, 0.15) is 0 Å². The summed E-state index contributed by atoms with van der Waals surface area (Å²) in [6.45, 7) is 7.77. The lowest BCUT2D eigenvalue weighted by Gasteiger charge is -2.07. The first-order chi connectivity index (χ1) is 4.83. The lowest BCUT2D eigenvalue weighted by atomic mass is 10.0. The summed E-state index contributed by atoms with van der Waals surface area (Å²) in [5.74, 6) is 5.98. The zero-order valence-corrected chi connectivity index (χ0v) is 7.56. The van der Waals surface area contributed by atoms with Crippen LogP contribution in [0.25, 0.3) is 0 Å². The van der Waals surface area contributed by atoms with Crippen molar-refractivity contribution in [2.24, 2.45) is 5.73 Å². The predicted octanol–water partition coefficient (Wildman–Crippen LogP) is 0.904. The fourth-order valence-electron chi connectivity index (χ4n) is 0.749. The van der Waals surface area contributed by atoms with E-state index in [1.54, 1.807) is 0 Å². The highest BCUT2D eigenvalue weighted by Gasteiger charge is 2.47. The van der Waals surface area contributed by atoms with Gasteiger partial charge in [-0.3, -0.25) is 0 Å². The normalized spacial score (nSPS) is 35.9. The third kappa shape index (κ3) is 2.21. The van der Waals surface area contributed by atoms with Crippen LogP contribution in [0.5, 0.6) is 0 Å². The smallest absolute Gasteiger partial charge is 0.152 e. The van der Waals surface area contributed by atoms with Crippen LogP contribution in [0.2, 0.25) is 0 Å². The highest BCUT2D eigenvalue weighted by atomic mass is 16.6. The largest absolute Gasteiger partial charge is 0.353 e. The van der Waals surface area contributed by atoms with E-state index in [2.05, 4.69) is 11.8 Å². The van der Waals surface area contributed by atoms with E-state index in [1.807, 2.05) is 27.7 Å². The van der Waals surface area contributed by atoms with Crippen molar-refractivity contribution in [1.29, 1.82) is 0 Å². The number of rotatable bonds is 0. The number of hydrogen-bond donors (Lipinski definition) is 1. The van der Waals surface area contributed by atoms with Crippen LogP contribution in [-0.4, -0.2) is 17.2 Å². The Morgan fingerprint density at radius 2 is 2.00 bits per heavy atom. The molecule has 1 aliphatic rings. The predicted molar refractivity (Wildman–Crippen MR) is 45.0 cm³/mol. The minimum atomic E-state index is -0.408. The molecule has 1 rings (SSSR count). The molecule has 0 radical (unpaired) electrons. The van der Waals surface area contributed by atoms with Crippen molar-refractivity contribution in [3.8, 4) is 11.8 Å². The zero-order valence-electron chi connectivity index (χ0n) is 7.56. The maximum Gasteiger partial charge on any atom is 0.152 e. The van der Waals surface area contributed by atoms with Crippen LogP contribution in [0, 0.1) is 11.8 Å². The average molecular weight is 153 g/mol. The molecule has 11 heavy (non-hydrogen) atoms. The summed E-state index contributed by atoms with van der Waals surface area (Å²) in [5, 5.41) is 0. The van der Waals surface area contributed by atoms with Crippen LogP contribution >= 0.6 is 0 Å². The van der Waals surface area contributed by atoms with Crippen LogP contribution < -0.4 is 5.73 Å². The average Bonchev–Trinajstić information content (AvgIpc) is 2.36. The first kappa shape index (κ1) is 8.58. The molecule has 0 aromatic carbocycles. The molecule has 0 aromatic heterocycles. The molecule has 2 unspecified atom stereocenters. The van der Waals surface area contributed by atoms with E-state index in [1.165, 1.54) is 0 Å². The summed E-state index contributed by atoms with van der Waals surface area (Å²) < 4.78 is 5.27. The standard InChI is InChI=1S/C9H15NO/c1-7-9(4,11-7)6-5-8(2,3)10/h7H,10H2,1-4H3. The van der Waals surface area contributed by atoms with Gasteiger partial charge in [-0.1, -0.05) is 11.8 Å². The van der Waals surface area contributed by atoms with Gasteiger partial charge in [0.25, 0.3) is 0 Å². The molecular weight excluding hydrogens is 138 g/mol. The fraction of sp³-hybridized carbons (Fsp3) is 0.778. The third-order valence-corrected chi connectivity index (χ3v) is 1.77. The Kier molecular flexibility index (Phi) is 1.74. The second-order valence-electron chi connectivity index (χ2n) is 3.84. The van der Waals surface area contributed by atoms with Gasteiger partial charge in [-0.15, -0.1) is 0 Å². The molecule has 0 aliphatic carbocycles. The number of nitrogens with two attached hydrogens (primary N) is 1. The second kappa shape index (κ2) is 2.23. The molecule has 1 fully saturated rings. The van der Waals surface area contributed by atoms with Crippen molar-refractivity contribution in [3.63, 3.8) is 0 Å². The molecule has 0 spiro atoms. The Morgan fingerprint density at radius 1 is 1.55 bits per heavy atom. The molecule has 0 bridgehead atoms. The molecular formula is C9H15NO. The molecule has 0 saturated carbocycles. The Labute approximate surface area is 68.1 Å². The first-order valence-electron chi connectivity index (χ1n) is 3.84. The van der Waals surface area contributed by atoms with Crippen LogP contribution in [0.3, 0.4) is 0 Å². The second-order valence-corrected chi connectivity index (χ2v) is 3.84. The van der Waals surface area contributed by atoms with Gasteiger partial charge in [0.2, 0.25) is 0 Å². The fourth-order valence-corrected chi connectivity index (χ4v) is 0.749. The summed E-state index contributed by atoms with van der Waals surface area (Å²) in [4.78, 5) is 0. The minimum Gasteiger partial charge on any atom is -0.353 e. The van der Waals surface area contributed by atoms with E-state index in [0.29, 0.717) is 0 Å². The Morgan fingerprint density at radius 3 is 2.27 bits per heavy atom. The van der Waals surface area contributed by atoms with Crippen LogP contribution in [0.15, 0.2) is 0 Å². The van der Waals surface area contributed by atoms with Crippen molar-refractivity contribution in [3.05, 3.63) is 0 Å². The van der Waals surface area contributed by atoms with Gasteiger partial charge < -0.3 is 10.5 Å². The van der Waals surface area contributed by atoms with Gasteiger partial charge in [0.05, 0.1) is 11.6 Å². The number of hydrogen-bond acceptors (Lipinski definition) is 2. The van der Waals surface area contributed by atoms with Gasteiger partial charge in [-0.25, -0.2) is 0 Å². The van der Waals surface area contributed by atoms with E-state index in [9.17, 15) is 0 Å². The van der Waals surface area contributed by atoms with Gasteiger partial charge >= 0.3 is 0 Å². The first-order valence-corrected chi connectivity index (χ1v) is 3.84. The van der Waals surface area contributed by atoms with E-state index >= 15 is 0 Å². The maximum absolute atomic E-state index is 5.69. The molecule has 2 nitrogen and oxygen atoms in total. The van der Waals surface area contributed by atoms with Crippen LogP contribution in [-0.2, 0) is 4.74 Å². The summed E-state index contributed by atoms with van der Waals surface area (Å²) in [5.41, 5.74) is 5.05. The topological polar surface area (TPSA) is 38.5 Å². The monoisotopic (exact) mass is 153 g/mol. The van der Waals surface area contributed by atoms with E-state index in [0.717, 1.165) is 0 Å². The highest BCUT2D eigenvalue weighted by Crippen LogP contribution is 2.34. The number of epoxide rings is 1. The minimum absolute atomic E-state index is 0.226. The third-order valence-electron chi connectivity index (χ3n) is 1.77. The van der Waals surface area contributed by atoms with Crippen molar-refractivity contribution in [2.45, 2.75) is 44.9 Å². The lowest BCUT2D eigenvalue weighted by Crippen LogP contribution is -2.30. The quantitative estimate of drug-likeness (QED) is 0.415. The van der Waals surface area contributed by atoms with E-state index in [-0.39, 0.29) is 11.7 Å². The summed E-state index contributed by atoms with van der Waals surface area (Å²) in [7, 11) is 0. The summed E-state index contributed by atoms with van der Waals surface area (Å²) >= 11 is 0. The maximum atomic E-state index is 5.69. The molecule has 1 heterocycles. The Bertz CT molecular complexity index is 218. The Balaban J connectivity index is 2.59. The SMILES string of the molecule is CC1OC1(C)C#CC(C)(C)N. The Hall–Kier alpha value is -0.520. The van der Waals surface area contributed by atoms with Crippen molar-refractivity contribution < 1.29 is 4.74 Å². The molecule has 0 aromatic rings. The molecule has 2 atom stereocenters. The van der Waals surface area contributed by atoms with Crippen molar-refractivity contribution in [1.82, 2.24) is 0 Å². The van der Waals surface area contributed by atoms with E-state index < -0.39 is 5.54 Å². The number of ether oxygens (including phenoxy) is 1. The van der Waals surface area contributed by atoms with E-state index in [4.69, 9.17) is 10.5 Å². The van der Waals surface area contributed by atoms with Crippen LogP contribution in [0.4, 0.5) is 0 Å². The van der Waals surface area contributed by atoms with Gasteiger partial charge in [0.15, 0.2) is 5.60 Å². The van der Waals surface area contributed by atoms with Gasteiger partial charge in [-0.05, 0) is 27.7 Å². The zero-order chi connectivity index (χ0) is 8.70. The van der Waals surface area contributed by atoms with Gasteiger partial charge in [-0.2, -0.15) is 0 Å². The van der Waals surface area contributed by atoms with Crippen molar-refractivity contribution in [2.75, 3.05) is 0 Å². The molecule has 1 saturated heterocycles. The van der Waals surface area contributed by atoms with Crippen molar-refractivity contribution >= 4 is 0 Å². The molecule has 2 N–H and O–H groups in total. The van der Waals surface area contributed by atoms with Gasteiger partial charge in [0, 0.05) is 0 Å². The molecule has 1 aliphatic heterocycles. The highest BCUT2D eigenvalue weighted by molar-refractivity contribution is 5.26. The summed E-state index contributed by atoms with van der Waals surface area (Å²) in [6.07, 6.45) is 0.261. The molecule has 0 amide bonds. The lowest BCUT2D eigenvalue weighted by molar-refractivity contribution is 0.355.